The summed E-state index contributed by atoms with van der Waals surface area (Å²) in [6, 6.07) is 16.5. The molecule has 0 spiro atoms. The Morgan fingerprint density at radius 1 is 0.667 bits per heavy atom. The van der Waals surface area contributed by atoms with Crippen molar-refractivity contribution in [1.29, 1.82) is 0 Å². The average Bonchev–Trinajstić information content (AvgIpc) is 2.81. The maximum atomic E-state index is 13.2. The van der Waals surface area contributed by atoms with Crippen LogP contribution in [0.1, 0.15) is 22.6 Å². The molecule has 162 valence electrons. The topological polar surface area (TPSA) is 89.9 Å². The predicted octanol–water partition coefficient (Wildman–Crippen LogP) is 6.20. The predicted molar refractivity (Wildman–Crippen MR) is 124 cm³/mol. The number of ether oxygens (including phenoxy) is 1. The van der Waals surface area contributed by atoms with Crippen LogP contribution in [0.3, 0.4) is 0 Å². The lowest BCUT2D eigenvalue weighted by atomic mass is 9.82. The van der Waals surface area contributed by atoms with Gasteiger partial charge in [0.1, 0.15) is 22.7 Å². The van der Waals surface area contributed by atoms with Gasteiger partial charge in [0.25, 0.3) is 0 Å². The quantitative estimate of drug-likeness (QED) is 0.283. The van der Waals surface area contributed by atoms with Gasteiger partial charge in [0, 0.05) is 10.6 Å². The molecule has 0 saturated carbocycles. The van der Waals surface area contributed by atoms with Gasteiger partial charge in [-0.25, -0.2) is 9.59 Å². The monoisotopic (exact) mass is 478 g/mol. The number of aromatic hydroxyl groups is 1. The smallest absolute Gasteiger partial charge is 0.344 e. The molecule has 1 atom stereocenters. The maximum absolute atomic E-state index is 13.2. The van der Waals surface area contributed by atoms with E-state index in [0.29, 0.717) is 16.4 Å². The van der Waals surface area contributed by atoms with Crippen LogP contribution in [0.25, 0.3) is 21.9 Å². The fourth-order valence-electron chi connectivity index (χ4n) is 4.35. The van der Waals surface area contributed by atoms with E-state index in [9.17, 15) is 14.7 Å². The van der Waals surface area contributed by atoms with Crippen molar-refractivity contribution in [2.45, 2.75) is 5.92 Å². The van der Waals surface area contributed by atoms with Crippen molar-refractivity contribution in [3.8, 4) is 17.2 Å². The van der Waals surface area contributed by atoms with E-state index in [1.54, 1.807) is 54.6 Å². The molecule has 0 saturated heterocycles. The molecule has 0 fully saturated rings. The number of hydrogen-bond donors (Lipinski definition) is 1. The Balaban J connectivity index is 1.81. The van der Waals surface area contributed by atoms with Crippen LogP contribution in [0.4, 0.5) is 0 Å². The second-order valence-electron chi connectivity index (χ2n) is 7.58. The molecule has 0 bridgehead atoms. The van der Waals surface area contributed by atoms with E-state index < -0.39 is 17.2 Å². The second-order valence-corrected chi connectivity index (χ2v) is 8.40. The zero-order chi connectivity index (χ0) is 22.9. The average molecular weight is 479 g/mol. The third kappa shape index (κ3) is 2.81. The minimum Gasteiger partial charge on any atom is -0.507 e. The number of para-hydroxylation sites is 2. The van der Waals surface area contributed by atoms with Crippen LogP contribution in [0.15, 0.2) is 79.1 Å². The lowest BCUT2D eigenvalue weighted by Crippen LogP contribution is -2.25. The van der Waals surface area contributed by atoms with Gasteiger partial charge >= 0.3 is 11.3 Å². The number of halogens is 2. The Morgan fingerprint density at radius 2 is 1.24 bits per heavy atom. The highest BCUT2D eigenvalue weighted by Crippen LogP contribution is 2.54. The Labute approximate surface area is 195 Å². The highest BCUT2D eigenvalue weighted by atomic mass is 35.5. The van der Waals surface area contributed by atoms with Gasteiger partial charge in [-0.05, 0) is 36.4 Å². The van der Waals surface area contributed by atoms with Crippen molar-refractivity contribution >= 4 is 45.1 Å². The Morgan fingerprint density at radius 3 is 1.97 bits per heavy atom. The van der Waals surface area contributed by atoms with Crippen LogP contribution in [0, 0.1) is 0 Å². The van der Waals surface area contributed by atoms with Crippen LogP contribution >= 0.6 is 23.2 Å². The molecule has 0 aliphatic carbocycles. The molecule has 5 aromatic rings. The molecular formula is C25H12Cl2O6. The molecule has 1 aliphatic rings. The van der Waals surface area contributed by atoms with E-state index in [0.717, 1.165) is 0 Å². The number of benzene rings is 3. The van der Waals surface area contributed by atoms with Crippen molar-refractivity contribution in [3.05, 3.63) is 108 Å². The first-order chi connectivity index (χ1) is 16.0. The Hall–Kier alpha value is -3.74. The standard InChI is InChI=1S/C25H12Cl2O6/c26-13-9-10-14(27)23-17(13)18(19-21(28)11-5-1-3-7-15(11)31-24(19)29)20-22(33-23)12-6-2-4-8-16(12)32-25(20)30/h1-10,18,28H. The Bertz CT molecular complexity index is 1710. The fourth-order valence-corrected chi connectivity index (χ4v) is 4.82. The summed E-state index contributed by atoms with van der Waals surface area (Å²) in [5, 5.41) is 12.4. The molecule has 0 amide bonds. The van der Waals surface area contributed by atoms with Crippen molar-refractivity contribution in [1.82, 2.24) is 0 Å². The number of hydrogen-bond acceptors (Lipinski definition) is 6. The highest BCUT2D eigenvalue weighted by Gasteiger charge is 2.40. The van der Waals surface area contributed by atoms with Gasteiger partial charge in [0.2, 0.25) is 0 Å². The first-order valence-electron chi connectivity index (χ1n) is 9.92. The molecule has 8 heteroatoms. The molecule has 1 unspecified atom stereocenters. The van der Waals surface area contributed by atoms with Gasteiger partial charge in [-0.1, -0.05) is 47.5 Å². The summed E-state index contributed by atoms with van der Waals surface area (Å²) < 4.78 is 17.1. The molecule has 33 heavy (non-hydrogen) atoms. The lowest BCUT2D eigenvalue weighted by molar-refractivity contribution is 0.425. The Kier molecular flexibility index (Phi) is 4.30. The van der Waals surface area contributed by atoms with Crippen molar-refractivity contribution < 1.29 is 18.7 Å². The van der Waals surface area contributed by atoms with Gasteiger partial charge in [-0.3, -0.25) is 0 Å². The van der Waals surface area contributed by atoms with Crippen LogP contribution < -0.4 is 16.0 Å². The van der Waals surface area contributed by atoms with E-state index in [1.165, 1.54) is 6.07 Å². The molecule has 3 aromatic carbocycles. The summed E-state index contributed by atoms with van der Waals surface area (Å²) in [4.78, 5) is 26.4. The normalized spacial score (nSPS) is 14.7. The molecule has 3 heterocycles. The molecule has 6 nitrogen and oxygen atoms in total. The molecule has 1 aliphatic heterocycles. The van der Waals surface area contributed by atoms with Gasteiger partial charge in [0.15, 0.2) is 5.75 Å². The maximum Gasteiger partial charge on any atom is 0.344 e. The molecule has 1 N–H and O–H groups in total. The summed E-state index contributed by atoms with van der Waals surface area (Å²) in [6.45, 7) is 0. The molecule has 6 rings (SSSR count). The fraction of sp³-hybridized carbons (Fsp3) is 0.0400. The second kappa shape index (κ2) is 7.13. The zero-order valence-electron chi connectivity index (χ0n) is 16.6. The van der Waals surface area contributed by atoms with Gasteiger partial charge < -0.3 is 18.7 Å². The van der Waals surface area contributed by atoms with Gasteiger partial charge in [-0.2, -0.15) is 0 Å². The first kappa shape index (κ1) is 19.9. The summed E-state index contributed by atoms with van der Waals surface area (Å²) in [5.41, 5.74) is -0.928. The van der Waals surface area contributed by atoms with E-state index in [4.69, 9.17) is 36.8 Å². The van der Waals surface area contributed by atoms with Crippen LogP contribution in [-0.4, -0.2) is 5.11 Å². The van der Waals surface area contributed by atoms with E-state index in [2.05, 4.69) is 0 Å². The molecule has 2 aromatic heterocycles. The summed E-state index contributed by atoms with van der Waals surface area (Å²) in [6.07, 6.45) is 0. The van der Waals surface area contributed by atoms with Gasteiger partial charge in [-0.15, -0.1) is 0 Å². The largest absolute Gasteiger partial charge is 0.507 e. The minimum atomic E-state index is -1.14. The lowest BCUT2D eigenvalue weighted by Gasteiger charge is -2.29. The van der Waals surface area contributed by atoms with Crippen molar-refractivity contribution in [2.24, 2.45) is 0 Å². The zero-order valence-corrected chi connectivity index (χ0v) is 18.1. The summed E-state index contributed by atoms with van der Waals surface area (Å²) >= 11 is 13.0. The van der Waals surface area contributed by atoms with Crippen LogP contribution in [0.5, 0.6) is 17.2 Å². The van der Waals surface area contributed by atoms with Crippen LogP contribution in [0.2, 0.25) is 10.0 Å². The third-order valence-electron chi connectivity index (χ3n) is 5.78. The number of rotatable bonds is 1. The third-order valence-corrected chi connectivity index (χ3v) is 6.41. The first-order valence-corrected chi connectivity index (χ1v) is 10.7. The SMILES string of the molecule is O=c1oc2ccccc2c(O)c1C1c2c(Cl)ccc(Cl)c2Oc2c1c(=O)oc1ccccc21. The molecular weight excluding hydrogens is 467 g/mol. The van der Waals surface area contributed by atoms with Crippen molar-refractivity contribution in [3.63, 3.8) is 0 Å². The highest BCUT2D eigenvalue weighted by molar-refractivity contribution is 6.35. The number of fused-ring (bicyclic) bond motifs is 5. The minimum absolute atomic E-state index is 0.0169. The summed E-state index contributed by atoms with van der Waals surface area (Å²) in [5.74, 6) is -1.11. The van der Waals surface area contributed by atoms with Crippen molar-refractivity contribution in [2.75, 3.05) is 0 Å². The van der Waals surface area contributed by atoms with Gasteiger partial charge in [0.05, 0.1) is 32.8 Å². The van der Waals surface area contributed by atoms with E-state index in [1.807, 2.05) is 0 Å². The summed E-state index contributed by atoms with van der Waals surface area (Å²) in [7, 11) is 0. The van der Waals surface area contributed by atoms with Crippen LogP contribution in [-0.2, 0) is 0 Å². The van der Waals surface area contributed by atoms with E-state index in [-0.39, 0.29) is 49.6 Å². The molecule has 0 radical (unpaired) electrons. The van der Waals surface area contributed by atoms with E-state index >= 15 is 0 Å².